The molecule has 2 atom stereocenters. The van der Waals surface area contributed by atoms with Gasteiger partial charge >= 0.3 is 0 Å². The number of ketones is 1. The Morgan fingerprint density at radius 1 is 1.40 bits per heavy atom. The first-order valence-electron chi connectivity index (χ1n) is 7.26. The lowest BCUT2D eigenvalue weighted by Crippen LogP contribution is -2.35. The van der Waals surface area contributed by atoms with Crippen LogP contribution in [0.15, 0.2) is 18.2 Å². The number of carbonyl (C=O) groups is 1. The molecule has 0 amide bonds. The molecule has 0 aliphatic heterocycles. The van der Waals surface area contributed by atoms with E-state index >= 15 is 0 Å². The summed E-state index contributed by atoms with van der Waals surface area (Å²) in [6.07, 6.45) is 7.37. The van der Waals surface area contributed by atoms with Gasteiger partial charge in [0.15, 0.2) is 5.78 Å². The standard InChI is InChI=1S/C17H17ClO2/c1-20-16-5-11-9-17-4-2-3-10(8-17)15(19)7-13(17)12(11)6-14(16)18/h5-7,10H,2-4,8-9H2,1H3/t10-,17+/m1/s1. The van der Waals surface area contributed by atoms with E-state index in [1.165, 1.54) is 23.1 Å². The second-order valence-electron chi connectivity index (χ2n) is 6.35. The molecule has 1 fully saturated rings. The number of ether oxygens (including phenoxy) is 1. The van der Waals surface area contributed by atoms with E-state index in [9.17, 15) is 4.79 Å². The molecular weight excluding hydrogens is 272 g/mol. The summed E-state index contributed by atoms with van der Waals surface area (Å²) in [6.45, 7) is 0. The van der Waals surface area contributed by atoms with Crippen molar-refractivity contribution in [2.24, 2.45) is 11.3 Å². The van der Waals surface area contributed by atoms with Gasteiger partial charge in [-0.2, -0.15) is 0 Å². The van der Waals surface area contributed by atoms with Gasteiger partial charge < -0.3 is 4.74 Å². The molecule has 0 N–H and O–H groups in total. The first-order chi connectivity index (χ1) is 9.63. The summed E-state index contributed by atoms with van der Waals surface area (Å²) >= 11 is 6.27. The Morgan fingerprint density at radius 3 is 3.05 bits per heavy atom. The predicted octanol–water partition coefficient (Wildman–Crippen LogP) is 4.05. The Balaban J connectivity index is 1.90. The molecule has 1 aromatic rings. The number of methoxy groups -OCH3 is 1. The van der Waals surface area contributed by atoms with E-state index in [0.717, 1.165) is 31.4 Å². The fourth-order valence-electron chi connectivity index (χ4n) is 4.40. The quantitative estimate of drug-likeness (QED) is 0.779. The zero-order chi connectivity index (χ0) is 13.9. The summed E-state index contributed by atoms with van der Waals surface area (Å²) < 4.78 is 5.33. The number of hydrogen-bond donors (Lipinski definition) is 0. The fourth-order valence-corrected chi connectivity index (χ4v) is 4.64. The van der Waals surface area contributed by atoms with Gasteiger partial charge in [-0.25, -0.2) is 0 Å². The van der Waals surface area contributed by atoms with E-state index in [2.05, 4.69) is 6.07 Å². The van der Waals surface area contributed by atoms with E-state index < -0.39 is 0 Å². The summed E-state index contributed by atoms with van der Waals surface area (Å²) in [5.41, 5.74) is 3.88. The average molecular weight is 289 g/mol. The molecule has 20 heavy (non-hydrogen) atoms. The maximum absolute atomic E-state index is 12.2. The minimum absolute atomic E-state index is 0.189. The van der Waals surface area contributed by atoms with Gasteiger partial charge in [-0.05, 0) is 60.6 Å². The predicted molar refractivity (Wildman–Crippen MR) is 79.1 cm³/mol. The molecule has 0 radical (unpaired) electrons. The molecule has 1 saturated carbocycles. The summed E-state index contributed by atoms with van der Waals surface area (Å²) in [4.78, 5) is 12.2. The number of hydrogen-bond acceptors (Lipinski definition) is 2. The molecule has 0 aromatic heterocycles. The highest BCUT2D eigenvalue weighted by molar-refractivity contribution is 6.32. The van der Waals surface area contributed by atoms with Crippen LogP contribution >= 0.6 is 11.6 Å². The smallest absolute Gasteiger partial charge is 0.159 e. The zero-order valence-corrected chi connectivity index (χ0v) is 12.3. The first kappa shape index (κ1) is 12.5. The second-order valence-corrected chi connectivity index (χ2v) is 6.76. The van der Waals surface area contributed by atoms with E-state index in [0.29, 0.717) is 10.8 Å². The average Bonchev–Trinajstić information content (AvgIpc) is 2.71. The van der Waals surface area contributed by atoms with Gasteiger partial charge in [0, 0.05) is 11.3 Å². The Labute approximate surface area is 123 Å². The summed E-state index contributed by atoms with van der Waals surface area (Å²) in [5.74, 6) is 1.30. The molecule has 104 valence electrons. The van der Waals surface area contributed by atoms with Gasteiger partial charge in [0.1, 0.15) is 5.75 Å². The molecule has 2 bridgehead atoms. The highest BCUT2D eigenvalue weighted by Crippen LogP contribution is 2.59. The monoisotopic (exact) mass is 288 g/mol. The van der Waals surface area contributed by atoms with Gasteiger partial charge in [-0.3, -0.25) is 4.79 Å². The van der Waals surface area contributed by atoms with E-state index in [1.54, 1.807) is 7.11 Å². The number of carbonyl (C=O) groups excluding carboxylic acids is 1. The molecule has 1 aromatic carbocycles. The number of benzene rings is 1. The second kappa shape index (κ2) is 4.11. The molecule has 0 saturated heterocycles. The lowest BCUT2D eigenvalue weighted by Gasteiger charge is -2.41. The number of halogens is 1. The lowest BCUT2D eigenvalue weighted by molar-refractivity contribution is -0.120. The third-order valence-corrected chi connectivity index (χ3v) is 5.60. The van der Waals surface area contributed by atoms with Crippen LogP contribution in [0, 0.1) is 11.3 Å². The van der Waals surface area contributed by atoms with Crippen LogP contribution in [0.25, 0.3) is 5.57 Å². The van der Waals surface area contributed by atoms with Crippen molar-refractivity contribution in [2.75, 3.05) is 7.11 Å². The van der Waals surface area contributed by atoms with Crippen LogP contribution in [-0.4, -0.2) is 12.9 Å². The van der Waals surface area contributed by atoms with Crippen molar-refractivity contribution in [2.45, 2.75) is 32.1 Å². The van der Waals surface area contributed by atoms with Crippen molar-refractivity contribution in [3.63, 3.8) is 0 Å². The maximum atomic E-state index is 12.2. The lowest BCUT2D eigenvalue weighted by atomic mass is 9.61. The zero-order valence-electron chi connectivity index (χ0n) is 11.5. The molecule has 0 unspecified atom stereocenters. The Morgan fingerprint density at radius 2 is 2.25 bits per heavy atom. The van der Waals surface area contributed by atoms with Crippen molar-refractivity contribution in [1.82, 2.24) is 0 Å². The largest absolute Gasteiger partial charge is 0.495 e. The molecule has 3 heteroatoms. The highest BCUT2D eigenvalue weighted by Gasteiger charge is 2.49. The fraction of sp³-hybridized carbons (Fsp3) is 0.471. The molecule has 4 rings (SSSR count). The van der Waals surface area contributed by atoms with Gasteiger partial charge in [-0.1, -0.05) is 18.0 Å². The van der Waals surface area contributed by atoms with Gasteiger partial charge in [0.05, 0.1) is 12.1 Å². The van der Waals surface area contributed by atoms with E-state index in [4.69, 9.17) is 16.3 Å². The van der Waals surface area contributed by atoms with Gasteiger partial charge in [0.2, 0.25) is 0 Å². The normalized spacial score (nSPS) is 30.6. The van der Waals surface area contributed by atoms with Crippen LogP contribution in [0.1, 0.15) is 36.8 Å². The summed E-state index contributed by atoms with van der Waals surface area (Å²) in [7, 11) is 1.65. The Bertz CT molecular complexity index is 647. The van der Waals surface area contributed by atoms with Crippen molar-refractivity contribution in [3.8, 4) is 5.75 Å². The third-order valence-electron chi connectivity index (χ3n) is 5.30. The maximum Gasteiger partial charge on any atom is 0.159 e. The van der Waals surface area contributed by atoms with E-state index in [-0.39, 0.29) is 11.3 Å². The molecule has 3 aliphatic carbocycles. The number of rotatable bonds is 1. The first-order valence-corrected chi connectivity index (χ1v) is 7.63. The van der Waals surface area contributed by atoms with Crippen LogP contribution in [-0.2, 0) is 11.2 Å². The Kier molecular flexibility index (Phi) is 2.56. The van der Waals surface area contributed by atoms with Crippen LogP contribution in [0.4, 0.5) is 0 Å². The molecule has 0 heterocycles. The van der Waals surface area contributed by atoms with Crippen LogP contribution in [0.5, 0.6) is 5.75 Å². The van der Waals surface area contributed by atoms with Crippen LogP contribution in [0.2, 0.25) is 5.02 Å². The van der Waals surface area contributed by atoms with Crippen LogP contribution in [0.3, 0.4) is 0 Å². The molecular formula is C17H17ClO2. The van der Waals surface area contributed by atoms with Crippen molar-refractivity contribution in [1.29, 1.82) is 0 Å². The van der Waals surface area contributed by atoms with Crippen molar-refractivity contribution in [3.05, 3.63) is 34.4 Å². The molecule has 3 aliphatic rings. The van der Waals surface area contributed by atoms with Gasteiger partial charge in [0.25, 0.3) is 0 Å². The van der Waals surface area contributed by atoms with Gasteiger partial charge in [-0.15, -0.1) is 0 Å². The molecule has 1 spiro atoms. The van der Waals surface area contributed by atoms with Crippen molar-refractivity contribution < 1.29 is 9.53 Å². The summed E-state index contributed by atoms with van der Waals surface area (Å²) in [6, 6.07) is 4.04. The number of allylic oxidation sites excluding steroid dienone is 2. The van der Waals surface area contributed by atoms with E-state index in [1.807, 2.05) is 12.1 Å². The highest BCUT2D eigenvalue weighted by atomic mass is 35.5. The SMILES string of the molecule is COc1cc2c(cc1Cl)C1=CC(=O)[C@@H]3CCC[C@@]1(C2)C3. The summed E-state index contributed by atoms with van der Waals surface area (Å²) in [5, 5.41) is 0.634. The third kappa shape index (κ3) is 1.54. The minimum Gasteiger partial charge on any atom is -0.495 e. The minimum atomic E-state index is 0.189. The number of fused-ring (bicyclic) bond motifs is 3. The van der Waals surface area contributed by atoms with Crippen LogP contribution < -0.4 is 4.74 Å². The Hall–Kier alpha value is -1.28. The van der Waals surface area contributed by atoms with Crippen molar-refractivity contribution >= 4 is 23.0 Å². The molecule has 2 nitrogen and oxygen atoms in total. The topological polar surface area (TPSA) is 26.3 Å².